The first-order valence-electron chi connectivity index (χ1n) is 9.74. The molecule has 0 saturated carbocycles. The number of benzene rings is 2. The van der Waals surface area contributed by atoms with E-state index < -0.39 is 34.8 Å². The Morgan fingerprint density at radius 1 is 0.833 bits per heavy atom. The van der Waals surface area contributed by atoms with E-state index in [1.807, 2.05) is 60.7 Å². The van der Waals surface area contributed by atoms with Crippen molar-refractivity contribution in [2.75, 3.05) is 0 Å². The van der Waals surface area contributed by atoms with E-state index in [0.717, 1.165) is 11.1 Å². The van der Waals surface area contributed by atoms with Crippen molar-refractivity contribution in [1.82, 2.24) is 10.6 Å². The first-order chi connectivity index (χ1) is 14.1. The second-order valence-corrected chi connectivity index (χ2v) is 8.42. The fourth-order valence-corrected chi connectivity index (χ4v) is 2.99. The standard InChI is InChI=1S/C23H28N2O4S/c1-23(2,3)29-22(28)25-18(14-16-10-6-4-7-11-16)20(26)24-19(21(27)30)15-17-12-8-5-9-13-17/h4-13,18-19H,14-15H2,1-3H3,(H,24,26)(H,25,28)(H,27,30)/t18-,19-/m0/s1. The SMILES string of the molecule is CC(C)(C)OC(=O)N[C@@H](Cc1ccccc1)C(=O)N[C@@H](Cc1ccccc1)C(=O)S. The van der Waals surface area contributed by atoms with Gasteiger partial charge >= 0.3 is 6.09 Å². The lowest BCUT2D eigenvalue weighted by atomic mass is 10.0. The van der Waals surface area contributed by atoms with E-state index in [2.05, 4.69) is 23.3 Å². The highest BCUT2D eigenvalue weighted by atomic mass is 32.1. The van der Waals surface area contributed by atoms with Gasteiger partial charge in [0.2, 0.25) is 11.0 Å². The summed E-state index contributed by atoms with van der Waals surface area (Å²) in [4.78, 5) is 37.3. The molecule has 0 bridgehead atoms. The fraction of sp³-hybridized carbons (Fsp3) is 0.348. The van der Waals surface area contributed by atoms with Gasteiger partial charge in [-0.3, -0.25) is 9.59 Å². The summed E-state index contributed by atoms with van der Waals surface area (Å²) in [6.45, 7) is 5.23. The summed E-state index contributed by atoms with van der Waals surface area (Å²) in [5.74, 6) is -0.479. The molecule has 0 fully saturated rings. The maximum atomic E-state index is 13.0. The van der Waals surface area contributed by atoms with Gasteiger partial charge in [-0.2, -0.15) is 0 Å². The van der Waals surface area contributed by atoms with E-state index >= 15 is 0 Å². The van der Waals surface area contributed by atoms with Crippen LogP contribution in [0.1, 0.15) is 31.9 Å². The summed E-state index contributed by atoms with van der Waals surface area (Å²) < 4.78 is 5.29. The molecule has 0 heterocycles. The van der Waals surface area contributed by atoms with Crippen LogP contribution in [0.3, 0.4) is 0 Å². The van der Waals surface area contributed by atoms with Crippen LogP contribution in [0.5, 0.6) is 0 Å². The number of rotatable bonds is 8. The van der Waals surface area contributed by atoms with Crippen LogP contribution in [-0.4, -0.2) is 34.8 Å². The molecule has 2 amide bonds. The molecule has 0 aromatic heterocycles. The summed E-state index contributed by atoms with van der Waals surface area (Å²) in [6.07, 6.45) is -0.139. The lowest BCUT2D eigenvalue weighted by molar-refractivity contribution is -0.126. The van der Waals surface area contributed by atoms with Gasteiger partial charge in [-0.15, -0.1) is 12.6 Å². The van der Waals surface area contributed by atoms with Crippen molar-refractivity contribution in [2.24, 2.45) is 0 Å². The normalized spacial score (nSPS) is 13.1. The quantitative estimate of drug-likeness (QED) is 0.563. The number of carbonyl (C=O) groups is 3. The van der Waals surface area contributed by atoms with Crippen LogP contribution in [0.25, 0.3) is 0 Å². The molecule has 0 unspecified atom stereocenters. The van der Waals surface area contributed by atoms with Gasteiger partial charge in [0, 0.05) is 12.8 Å². The number of alkyl carbamates (subject to hydrolysis) is 1. The summed E-state index contributed by atoms with van der Waals surface area (Å²) in [5, 5.41) is 4.88. The number of thiol groups is 1. The number of carbonyl (C=O) groups excluding carboxylic acids is 3. The lowest BCUT2D eigenvalue weighted by Crippen LogP contribution is -2.53. The molecule has 0 aliphatic heterocycles. The number of hydrogen-bond acceptors (Lipinski definition) is 4. The minimum Gasteiger partial charge on any atom is -0.444 e. The third kappa shape index (κ3) is 8.29. The van der Waals surface area contributed by atoms with Crippen LogP contribution < -0.4 is 10.6 Å². The summed E-state index contributed by atoms with van der Waals surface area (Å²) in [7, 11) is 0. The third-order valence-corrected chi connectivity index (χ3v) is 4.50. The first kappa shape index (κ1) is 23.5. The Kier molecular flexibility index (Phi) is 8.47. The highest BCUT2D eigenvalue weighted by molar-refractivity contribution is 7.96. The summed E-state index contributed by atoms with van der Waals surface area (Å²) >= 11 is 3.93. The Morgan fingerprint density at radius 3 is 1.73 bits per heavy atom. The molecule has 0 aliphatic carbocycles. The molecule has 2 aromatic rings. The Bertz CT molecular complexity index is 851. The Morgan fingerprint density at radius 2 is 1.30 bits per heavy atom. The molecule has 2 aromatic carbocycles. The highest BCUT2D eigenvalue weighted by Gasteiger charge is 2.28. The van der Waals surface area contributed by atoms with Gasteiger partial charge in [0.25, 0.3) is 0 Å². The zero-order valence-corrected chi connectivity index (χ0v) is 18.3. The third-order valence-electron chi connectivity index (χ3n) is 4.19. The molecule has 6 nitrogen and oxygen atoms in total. The molecular formula is C23H28N2O4S. The molecule has 2 N–H and O–H groups in total. The topological polar surface area (TPSA) is 84.5 Å². The molecule has 0 radical (unpaired) electrons. The lowest BCUT2D eigenvalue weighted by Gasteiger charge is -2.25. The van der Waals surface area contributed by atoms with Gasteiger partial charge in [-0.05, 0) is 31.9 Å². The van der Waals surface area contributed by atoms with Gasteiger partial charge < -0.3 is 15.4 Å². The van der Waals surface area contributed by atoms with Crippen LogP contribution in [0, 0.1) is 0 Å². The van der Waals surface area contributed by atoms with Crippen molar-refractivity contribution in [1.29, 1.82) is 0 Å². The summed E-state index contributed by atoms with van der Waals surface area (Å²) in [5.41, 5.74) is 1.06. The Labute approximate surface area is 182 Å². The molecular weight excluding hydrogens is 400 g/mol. The predicted octanol–water partition coefficient (Wildman–Crippen LogP) is 3.31. The molecule has 2 atom stereocenters. The van der Waals surface area contributed by atoms with Crippen LogP contribution in [0.15, 0.2) is 60.7 Å². The summed E-state index contributed by atoms with van der Waals surface area (Å²) in [6, 6.07) is 16.9. The minimum atomic E-state index is -0.909. The zero-order chi connectivity index (χ0) is 22.1. The monoisotopic (exact) mass is 428 g/mol. The molecule has 0 aliphatic rings. The van der Waals surface area contributed by atoms with E-state index in [1.165, 1.54) is 0 Å². The zero-order valence-electron chi connectivity index (χ0n) is 17.4. The fourth-order valence-electron chi connectivity index (χ4n) is 2.83. The maximum Gasteiger partial charge on any atom is 0.408 e. The van der Waals surface area contributed by atoms with Crippen LogP contribution in [-0.2, 0) is 27.2 Å². The second-order valence-electron chi connectivity index (χ2n) is 7.98. The number of ether oxygens (including phenoxy) is 1. The largest absolute Gasteiger partial charge is 0.444 e. The Hall–Kier alpha value is -2.80. The van der Waals surface area contributed by atoms with Gasteiger partial charge in [-0.25, -0.2) is 4.79 Å². The van der Waals surface area contributed by atoms with Gasteiger partial charge in [0.1, 0.15) is 17.7 Å². The van der Waals surface area contributed by atoms with E-state index in [-0.39, 0.29) is 6.42 Å². The molecule has 2 rings (SSSR count). The van der Waals surface area contributed by atoms with Crippen LogP contribution >= 0.6 is 12.6 Å². The van der Waals surface area contributed by atoms with E-state index in [4.69, 9.17) is 4.74 Å². The van der Waals surface area contributed by atoms with Gasteiger partial charge in [-0.1, -0.05) is 60.7 Å². The minimum absolute atomic E-state index is 0.255. The molecule has 7 heteroatoms. The van der Waals surface area contributed by atoms with Crippen molar-refractivity contribution in [2.45, 2.75) is 51.3 Å². The first-order valence-corrected chi connectivity index (χ1v) is 10.2. The number of nitrogens with one attached hydrogen (secondary N) is 2. The molecule has 160 valence electrons. The van der Waals surface area contributed by atoms with Crippen molar-refractivity contribution in [3.8, 4) is 0 Å². The Balaban J connectivity index is 2.14. The highest BCUT2D eigenvalue weighted by Crippen LogP contribution is 2.10. The number of amides is 2. The molecule has 0 spiro atoms. The predicted molar refractivity (Wildman–Crippen MR) is 119 cm³/mol. The molecule has 30 heavy (non-hydrogen) atoms. The van der Waals surface area contributed by atoms with Crippen molar-refractivity contribution in [3.05, 3.63) is 71.8 Å². The van der Waals surface area contributed by atoms with Gasteiger partial charge in [0.05, 0.1) is 0 Å². The smallest absolute Gasteiger partial charge is 0.408 e. The van der Waals surface area contributed by atoms with Gasteiger partial charge in [0.15, 0.2) is 0 Å². The number of hydrogen-bond donors (Lipinski definition) is 3. The van der Waals surface area contributed by atoms with Crippen molar-refractivity contribution >= 4 is 29.7 Å². The van der Waals surface area contributed by atoms with Crippen LogP contribution in [0.2, 0.25) is 0 Å². The van der Waals surface area contributed by atoms with E-state index in [0.29, 0.717) is 6.42 Å². The van der Waals surface area contributed by atoms with E-state index in [1.54, 1.807) is 20.8 Å². The second kappa shape index (κ2) is 10.8. The molecule has 0 saturated heterocycles. The van der Waals surface area contributed by atoms with Crippen LogP contribution in [0.4, 0.5) is 4.79 Å². The van der Waals surface area contributed by atoms with Crippen molar-refractivity contribution < 1.29 is 19.1 Å². The average Bonchev–Trinajstić information content (AvgIpc) is 2.67. The van der Waals surface area contributed by atoms with E-state index in [9.17, 15) is 14.4 Å². The maximum absolute atomic E-state index is 13.0. The average molecular weight is 429 g/mol. The van der Waals surface area contributed by atoms with Crippen molar-refractivity contribution in [3.63, 3.8) is 0 Å².